The van der Waals surface area contributed by atoms with Crippen molar-refractivity contribution in [2.75, 3.05) is 18.9 Å². The fraction of sp³-hybridized carbons (Fsp3) is 0.286. The minimum Gasteiger partial charge on any atom is -0.338 e. The Bertz CT molecular complexity index is 1980. The van der Waals surface area contributed by atoms with Crippen LogP contribution in [0.5, 0.6) is 0 Å². The van der Waals surface area contributed by atoms with Crippen LogP contribution in [0.15, 0.2) is 82.4 Å². The van der Waals surface area contributed by atoms with Crippen LogP contribution in [0.2, 0.25) is 0 Å². The molecule has 0 saturated heterocycles. The normalized spacial score (nSPS) is 13.5. The molecular weight excluding hydrogens is 608 g/mol. The van der Waals surface area contributed by atoms with Gasteiger partial charge in [0.2, 0.25) is 0 Å². The van der Waals surface area contributed by atoms with E-state index in [4.69, 9.17) is 0 Å². The molecule has 0 spiro atoms. The van der Waals surface area contributed by atoms with Crippen LogP contribution >= 0.6 is 11.3 Å². The average molecular weight is 644 g/mol. The molecular formula is C35H35F2N5O3S. The molecule has 46 heavy (non-hydrogen) atoms. The molecule has 8 nitrogen and oxygen atoms in total. The summed E-state index contributed by atoms with van der Waals surface area (Å²) in [5, 5.41) is 5.84. The Kier molecular flexibility index (Phi) is 9.14. The lowest BCUT2D eigenvalue weighted by Gasteiger charge is -2.24. The van der Waals surface area contributed by atoms with Crippen molar-refractivity contribution in [3.8, 4) is 16.1 Å². The fourth-order valence-corrected chi connectivity index (χ4v) is 7.51. The third-order valence-electron chi connectivity index (χ3n) is 8.56. The zero-order chi connectivity index (χ0) is 32.4. The molecule has 1 aliphatic carbocycles. The number of hydrogen-bond donors (Lipinski definition) is 2. The largest absolute Gasteiger partial charge is 0.338 e. The Balaban J connectivity index is 1.60. The van der Waals surface area contributed by atoms with E-state index in [0.717, 1.165) is 58.4 Å². The van der Waals surface area contributed by atoms with Gasteiger partial charge in [0.1, 0.15) is 16.5 Å². The molecule has 0 unspecified atom stereocenters. The van der Waals surface area contributed by atoms with Crippen LogP contribution in [0.1, 0.15) is 43.7 Å². The van der Waals surface area contributed by atoms with Gasteiger partial charge in [-0.25, -0.2) is 22.9 Å². The lowest BCUT2D eigenvalue weighted by molar-refractivity contribution is 0.238. The molecule has 3 aromatic carbocycles. The first-order valence-electron chi connectivity index (χ1n) is 15.4. The van der Waals surface area contributed by atoms with Gasteiger partial charge < -0.3 is 10.6 Å². The van der Waals surface area contributed by atoms with E-state index in [-0.39, 0.29) is 11.6 Å². The zero-order valence-corrected chi connectivity index (χ0v) is 26.5. The van der Waals surface area contributed by atoms with Gasteiger partial charge in [-0.3, -0.25) is 14.3 Å². The molecule has 2 aromatic heterocycles. The second-order valence-corrected chi connectivity index (χ2v) is 12.5. The first-order chi connectivity index (χ1) is 22.3. The molecule has 0 atom stereocenters. The summed E-state index contributed by atoms with van der Waals surface area (Å²) in [6.07, 6.45) is 4.39. The first kappa shape index (κ1) is 31.4. The molecule has 238 valence electrons. The number of carbonyl (C=O) groups excluding carboxylic acids is 1. The van der Waals surface area contributed by atoms with Crippen molar-refractivity contribution >= 4 is 33.3 Å². The Morgan fingerprint density at radius 1 is 0.935 bits per heavy atom. The lowest BCUT2D eigenvalue weighted by Crippen LogP contribution is -2.39. The maximum atomic E-state index is 15.0. The number of halogens is 2. The second-order valence-electron chi connectivity index (χ2n) is 11.6. The lowest BCUT2D eigenvalue weighted by atomic mass is 10.1. The van der Waals surface area contributed by atoms with Crippen LogP contribution in [0.4, 0.5) is 19.3 Å². The number of aromatic nitrogens is 2. The Labute approximate surface area is 268 Å². The smallest absolute Gasteiger partial charge is 0.337 e. The summed E-state index contributed by atoms with van der Waals surface area (Å²) >= 11 is 1.26. The Hall–Kier alpha value is -4.61. The predicted octanol–water partition coefficient (Wildman–Crippen LogP) is 6.72. The molecule has 0 bridgehead atoms. The SMILES string of the molecule is CCNC(=O)Nc1ccc(-c2sc3c(c2CN(C)C2CCCC2)c(=O)n(-c2ccccc2)c(=O)n3Cc2c(F)cccc2F)cc1. The molecule has 2 N–H and O–H groups in total. The van der Waals surface area contributed by atoms with Gasteiger partial charge in [0.05, 0.1) is 17.6 Å². The minimum atomic E-state index is -0.773. The summed E-state index contributed by atoms with van der Waals surface area (Å²) in [6.45, 7) is 2.37. The number of thiophene rings is 1. The highest BCUT2D eigenvalue weighted by Crippen LogP contribution is 2.39. The van der Waals surface area contributed by atoms with Crippen LogP contribution < -0.4 is 21.9 Å². The standard InChI is InChI=1S/C35H35F2N5O3S/c1-3-38-34(44)39-23-18-16-22(17-19-23)31-27(20-40(2)24-10-7-8-11-24)30-32(43)42(25-12-5-4-6-13-25)35(45)41(33(30)46-31)21-26-28(36)14-9-15-29(26)37/h4-6,9,12-19,24H,3,7-8,10-11,20-21H2,1-2H3,(H2,38,39,44). The van der Waals surface area contributed by atoms with E-state index in [0.29, 0.717) is 40.7 Å². The number of fused-ring (bicyclic) bond motifs is 1. The van der Waals surface area contributed by atoms with E-state index in [9.17, 15) is 23.2 Å². The van der Waals surface area contributed by atoms with E-state index in [2.05, 4.69) is 15.5 Å². The summed E-state index contributed by atoms with van der Waals surface area (Å²) < 4.78 is 32.4. The van der Waals surface area contributed by atoms with Crippen molar-refractivity contribution < 1.29 is 13.6 Å². The highest BCUT2D eigenvalue weighted by atomic mass is 32.1. The van der Waals surface area contributed by atoms with Gasteiger partial charge in [0.15, 0.2) is 0 Å². The molecule has 5 aromatic rings. The monoisotopic (exact) mass is 643 g/mol. The predicted molar refractivity (Wildman–Crippen MR) is 179 cm³/mol. The quantitative estimate of drug-likeness (QED) is 0.187. The molecule has 2 amide bonds. The molecule has 1 aliphatic rings. The highest BCUT2D eigenvalue weighted by molar-refractivity contribution is 7.22. The van der Waals surface area contributed by atoms with Gasteiger partial charge in [0.25, 0.3) is 5.56 Å². The van der Waals surface area contributed by atoms with Gasteiger partial charge in [-0.05, 0) is 74.3 Å². The van der Waals surface area contributed by atoms with Crippen molar-refractivity contribution in [1.29, 1.82) is 0 Å². The maximum absolute atomic E-state index is 15.0. The number of hydrogen-bond acceptors (Lipinski definition) is 5. The number of para-hydroxylation sites is 1. The van der Waals surface area contributed by atoms with Gasteiger partial charge in [0, 0.05) is 35.3 Å². The topological polar surface area (TPSA) is 88.4 Å². The second kappa shape index (κ2) is 13.4. The number of benzene rings is 3. The number of urea groups is 1. The molecule has 1 saturated carbocycles. The number of nitrogens with zero attached hydrogens (tertiary/aromatic N) is 3. The van der Waals surface area contributed by atoms with Crippen molar-refractivity contribution in [2.24, 2.45) is 0 Å². The number of nitrogens with one attached hydrogen (secondary N) is 2. The van der Waals surface area contributed by atoms with Gasteiger partial charge in [-0.15, -0.1) is 11.3 Å². The summed E-state index contributed by atoms with van der Waals surface area (Å²) in [6, 6.07) is 19.5. The number of carbonyl (C=O) groups is 1. The highest BCUT2D eigenvalue weighted by Gasteiger charge is 2.28. The van der Waals surface area contributed by atoms with Gasteiger partial charge in [-0.1, -0.05) is 49.2 Å². The third kappa shape index (κ3) is 6.12. The minimum absolute atomic E-state index is 0.260. The van der Waals surface area contributed by atoms with E-state index in [1.165, 1.54) is 22.0 Å². The zero-order valence-electron chi connectivity index (χ0n) is 25.7. The summed E-state index contributed by atoms with van der Waals surface area (Å²) in [5.74, 6) is -1.55. The molecule has 1 fully saturated rings. The van der Waals surface area contributed by atoms with Crippen molar-refractivity contribution in [1.82, 2.24) is 19.4 Å². The summed E-state index contributed by atoms with van der Waals surface area (Å²) in [7, 11) is 2.04. The Morgan fingerprint density at radius 2 is 1.61 bits per heavy atom. The van der Waals surface area contributed by atoms with Crippen LogP contribution in [0.3, 0.4) is 0 Å². The van der Waals surface area contributed by atoms with Crippen molar-refractivity contribution in [3.05, 3.63) is 116 Å². The number of rotatable bonds is 9. The Morgan fingerprint density at radius 3 is 2.26 bits per heavy atom. The van der Waals surface area contributed by atoms with Crippen molar-refractivity contribution in [2.45, 2.75) is 51.7 Å². The van der Waals surface area contributed by atoms with Gasteiger partial charge in [-0.2, -0.15) is 0 Å². The van der Waals surface area contributed by atoms with Crippen LogP contribution in [-0.4, -0.2) is 39.7 Å². The molecule has 0 radical (unpaired) electrons. The van der Waals surface area contributed by atoms with Crippen LogP contribution in [-0.2, 0) is 13.1 Å². The van der Waals surface area contributed by atoms with Crippen LogP contribution in [0.25, 0.3) is 26.3 Å². The summed E-state index contributed by atoms with van der Waals surface area (Å²) in [5.41, 5.74) is 1.07. The summed E-state index contributed by atoms with van der Waals surface area (Å²) in [4.78, 5) is 44.0. The number of anilines is 1. The average Bonchev–Trinajstić information content (AvgIpc) is 3.71. The molecule has 6 rings (SSSR count). The molecule has 2 heterocycles. The fourth-order valence-electron chi connectivity index (χ4n) is 6.20. The van der Waals surface area contributed by atoms with Crippen molar-refractivity contribution in [3.63, 3.8) is 0 Å². The number of amides is 2. The third-order valence-corrected chi connectivity index (χ3v) is 9.87. The molecule has 0 aliphatic heterocycles. The van der Waals surface area contributed by atoms with Gasteiger partial charge >= 0.3 is 11.7 Å². The van der Waals surface area contributed by atoms with E-state index < -0.39 is 29.4 Å². The van der Waals surface area contributed by atoms with E-state index in [1.54, 1.807) is 42.5 Å². The maximum Gasteiger partial charge on any atom is 0.337 e. The van der Waals surface area contributed by atoms with Crippen LogP contribution in [0, 0.1) is 11.6 Å². The molecule has 11 heteroatoms. The van der Waals surface area contributed by atoms with E-state index >= 15 is 0 Å². The van der Waals surface area contributed by atoms with E-state index in [1.807, 2.05) is 26.1 Å². The first-order valence-corrected chi connectivity index (χ1v) is 16.2.